The van der Waals surface area contributed by atoms with Gasteiger partial charge >= 0.3 is 0 Å². The summed E-state index contributed by atoms with van der Waals surface area (Å²) < 4.78 is 0.968. The molecule has 1 amide bonds. The first-order valence-corrected chi connectivity index (χ1v) is 7.65. The molecule has 0 bridgehead atoms. The topological polar surface area (TPSA) is 58.1 Å². The first-order valence-electron chi connectivity index (χ1n) is 6.86. The van der Waals surface area contributed by atoms with E-state index in [2.05, 4.69) is 36.1 Å². The second-order valence-corrected chi connectivity index (χ2v) is 5.83. The van der Waals surface area contributed by atoms with Gasteiger partial charge in [-0.25, -0.2) is 9.97 Å². The monoisotopic (exact) mass is 346 g/mol. The zero-order valence-electron chi connectivity index (χ0n) is 11.4. The molecule has 5 nitrogen and oxygen atoms in total. The van der Waals surface area contributed by atoms with E-state index in [1.807, 2.05) is 24.3 Å². The van der Waals surface area contributed by atoms with Crippen molar-refractivity contribution < 1.29 is 4.79 Å². The molecular weight excluding hydrogens is 332 g/mol. The van der Waals surface area contributed by atoms with Gasteiger partial charge in [-0.15, -0.1) is 0 Å². The molecule has 0 spiro atoms. The van der Waals surface area contributed by atoms with E-state index >= 15 is 0 Å². The standard InChI is InChI=1S/C15H15BrN4O/c16-11-3-5-12(6-4-11)19-15(21)13-9-18-14(10-17-13)20-7-1-2-8-20/h3-6,9-10H,1-2,7-8H2,(H,19,21). The van der Waals surface area contributed by atoms with Crippen LogP contribution in [0.5, 0.6) is 0 Å². The van der Waals surface area contributed by atoms with Gasteiger partial charge in [0.2, 0.25) is 0 Å². The molecule has 0 atom stereocenters. The lowest BCUT2D eigenvalue weighted by atomic mass is 10.3. The summed E-state index contributed by atoms with van der Waals surface area (Å²) in [6.45, 7) is 2.03. The highest BCUT2D eigenvalue weighted by Crippen LogP contribution is 2.17. The van der Waals surface area contributed by atoms with E-state index in [1.54, 1.807) is 6.20 Å². The number of anilines is 2. The molecule has 2 aromatic rings. The fraction of sp³-hybridized carbons (Fsp3) is 0.267. The van der Waals surface area contributed by atoms with Gasteiger partial charge in [-0.3, -0.25) is 4.79 Å². The van der Waals surface area contributed by atoms with Gasteiger partial charge < -0.3 is 10.2 Å². The minimum absolute atomic E-state index is 0.252. The van der Waals surface area contributed by atoms with Gasteiger partial charge in [0.25, 0.3) is 5.91 Å². The number of hydrogen-bond acceptors (Lipinski definition) is 4. The van der Waals surface area contributed by atoms with Gasteiger partial charge in [0.1, 0.15) is 11.5 Å². The minimum atomic E-state index is -0.252. The largest absolute Gasteiger partial charge is 0.355 e. The van der Waals surface area contributed by atoms with E-state index in [0.29, 0.717) is 5.69 Å². The van der Waals surface area contributed by atoms with E-state index in [0.717, 1.165) is 29.1 Å². The highest BCUT2D eigenvalue weighted by atomic mass is 79.9. The molecule has 1 saturated heterocycles. The number of hydrogen-bond donors (Lipinski definition) is 1. The molecule has 0 unspecified atom stereocenters. The molecular formula is C15H15BrN4O. The lowest BCUT2D eigenvalue weighted by Crippen LogP contribution is -2.20. The second kappa shape index (κ2) is 6.22. The third-order valence-corrected chi connectivity index (χ3v) is 3.93. The van der Waals surface area contributed by atoms with Crippen LogP contribution in [0.2, 0.25) is 0 Å². The van der Waals surface area contributed by atoms with Crippen molar-refractivity contribution in [2.45, 2.75) is 12.8 Å². The fourth-order valence-electron chi connectivity index (χ4n) is 2.28. The molecule has 1 aliphatic rings. The summed E-state index contributed by atoms with van der Waals surface area (Å²) >= 11 is 3.36. The normalized spacial score (nSPS) is 14.2. The van der Waals surface area contributed by atoms with Crippen molar-refractivity contribution in [3.63, 3.8) is 0 Å². The molecule has 1 aromatic carbocycles. The average molecular weight is 347 g/mol. The van der Waals surface area contributed by atoms with Crippen molar-refractivity contribution >= 4 is 33.3 Å². The number of carbonyl (C=O) groups is 1. The van der Waals surface area contributed by atoms with Crippen LogP contribution in [0.4, 0.5) is 11.5 Å². The van der Waals surface area contributed by atoms with Crippen molar-refractivity contribution in [1.29, 1.82) is 0 Å². The summed E-state index contributed by atoms with van der Waals surface area (Å²) in [5.74, 6) is 0.588. The Morgan fingerprint density at radius 2 is 1.81 bits per heavy atom. The molecule has 0 aliphatic carbocycles. The van der Waals surface area contributed by atoms with E-state index in [1.165, 1.54) is 19.0 Å². The highest BCUT2D eigenvalue weighted by Gasteiger charge is 2.15. The summed E-state index contributed by atoms with van der Waals surface area (Å²) in [6, 6.07) is 7.40. The molecule has 1 aliphatic heterocycles. The van der Waals surface area contributed by atoms with E-state index in [9.17, 15) is 4.79 Å². The van der Waals surface area contributed by atoms with Crippen LogP contribution < -0.4 is 10.2 Å². The van der Waals surface area contributed by atoms with Crippen LogP contribution in [0, 0.1) is 0 Å². The van der Waals surface area contributed by atoms with Crippen molar-refractivity contribution in [2.75, 3.05) is 23.3 Å². The van der Waals surface area contributed by atoms with Crippen LogP contribution >= 0.6 is 15.9 Å². The van der Waals surface area contributed by atoms with Crippen LogP contribution in [0.3, 0.4) is 0 Å². The number of amides is 1. The second-order valence-electron chi connectivity index (χ2n) is 4.92. The Morgan fingerprint density at radius 1 is 1.10 bits per heavy atom. The molecule has 6 heteroatoms. The molecule has 1 aromatic heterocycles. The number of nitrogens with zero attached hydrogens (tertiary/aromatic N) is 3. The van der Waals surface area contributed by atoms with Crippen molar-refractivity contribution in [2.24, 2.45) is 0 Å². The van der Waals surface area contributed by atoms with Gasteiger partial charge in [0.05, 0.1) is 12.4 Å². The number of benzene rings is 1. The molecule has 21 heavy (non-hydrogen) atoms. The van der Waals surface area contributed by atoms with E-state index in [4.69, 9.17) is 0 Å². The SMILES string of the molecule is O=C(Nc1ccc(Br)cc1)c1cnc(N2CCCC2)cn1. The number of aromatic nitrogens is 2. The maximum absolute atomic E-state index is 12.1. The zero-order valence-corrected chi connectivity index (χ0v) is 13.0. The number of nitrogens with one attached hydrogen (secondary N) is 1. The summed E-state index contributed by atoms with van der Waals surface area (Å²) in [4.78, 5) is 22.8. The zero-order chi connectivity index (χ0) is 14.7. The molecule has 108 valence electrons. The Labute approximate surface area is 131 Å². The van der Waals surface area contributed by atoms with Gasteiger partial charge in [-0.05, 0) is 37.1 Å². The summed E-state index contributed by atoms with van der Waals surface area (Å²) in [6.07, 6.45) is 5.57. The minimum Gasteiger partial charge on any atom is -0.355 e. The Hall–Kier alpha value is -1.95. The summed E-state index contributed by atoms with van der Waals surface area (Å²) in [7, 11) is 0. The highest BCUT2D eigenvalue weighted by molar-refractivity contribution is 9.10. The first kappa shape index (κ1) is 14.0. The number of rotatable bonds is 3. The average Bonchev–Trinajstić information content (AvgIpc) is 3.04. The Kier molecular flexibility index (Phi) is 4.15. The van der Waals surface area contributed by atoms with Crippen molar-refractivity contribution in [3.8, 4) is 0 Å². The maximum Gasteiger partial charge on any atom is 0.275 e. The summed E-state index contributed by atoms with van der Waals surface area (Å²) in [5, 5.41) is 2.80. The molecule has 0 saturated carbocycles. The van der Waals surface area contributed by atoms with Crippen LogP contribution in [-0.4, -0.2) is 29.0 Å². The van der Waals surface area contributed by atoms with Crippen LogP contribution in [0.15, 0.2) is 41.1 Å². The lowest BCUT2D eigenvalue weighted by molar-refractivity contribution is 0.102. The molecule has 2 heterocycles. The molecule has 1 N–H and O–H groups in total. The number of halogens is 1. The third kappa shape index (κ3) is 3.39. The number of carbonyl (C=O) groups excluding carboxylic acids is 1. The fourth-order valence-corrected chi connectivity index (χ4v) is 2.54. The Morgan fingerprint density at radius 3 is 2.43 bits per heavy atom. The Balaban J connectivity index is 1.68. The lowest BCUT2D eigenvalue weighted by Gasteiger charge is -2.15. The van der Waals surface area contributed by atoms with E-state index < -0.39 is 0 Å². The molecule has 0 radical (unpaired) electrons. The van der Waals surface area contributed by atoms with Crippen LogP contribution in [-0.2, 0) is 0 Å². The first-order chi connectivity index (χ1) is 10.2. The van der Waals surface area contributed by atoms with Crippen LogP contribution in [0.25, 0.3) is 0 Å². The van der Waals surface area contributed by atoms with Crippen molar-refractivity contribution in [3.05, 3.63) is 46.8 Å². The van der Waals surface area contributed by atoms with Gasteiger partial charge in [-0.1, -0.05) is 15.9 Å². The molecule has 1 fully saturated rings. The smallest absolute Gasteiger partial charge is 0.275 e. The third-order valence-electron chi connectivity index (χ3n) is 3.40. The summed E-state index contributed by atoms with van der Waals surface area (Å²) in [5.41, 5.74) is 1.05. The van der Waals surface area contributed by atoms with Crippen molar-refractivity contribution in [1.82, 2.24) is 9.97 Å². The maximum atomic E-state index is 12.1. The van der Waals surface area contributed by atoms with Crippen LogP contribution in [0.1, 0.15) is 23.3 Å². The Bertz CT molecular complexity index is 621. The predicted octanol–water partition coefficient (Wildman–Crippen LogP) is 3.09. The van der Waals surface area contributed by atoms with Gasteiger partial charge in [-0.2, -0.15) is 0 Å². The van der Waals surface area contributed by atoms with Gasteiger partial charge in [0, 0.05) is 23.2 Å². The molecule has 3 rings (SSSR count). The van der Waals surface area contributed by atoms with Gasteiger partial charge in [0.15, 0.2) is 0 Å². The van der Waals surface area contributed by atoms with E-state index in [-0.39, 0.29) is 5.91 Å². The predicted molar refractivity (Wildman–Crippen MR) is 85.6 cm³/mol. The quantitative estimate of drug-likeness (QED) is 0.927.